The van der Waals surface area contributed by atoms with Crippen LogP contribution in [0.2, 0.25) is 0 Å². The second-order valence-corrected chi connectivity index (χ2v) is 27.7. The molecule has 0 saturated heterocycles. The van der Waals surface area contributed by atoms with E-state index in [1.807, 2.05) is 21.1 Å². The number of phosphoric ester groups is 1. The molecule has 0 N–H and O–H groups in total. The molecule has 0 fully saturated rings. The lowest BCUT2D eigenvalue weighted by Gasteiger charge is -2.28. The van der Waals surface area contributed by atoms with Gasteiger partial charge in [-0.25, -0.2) is 0 Å². The lowest BCUT2D eigenvalue weighted by Crippen LogP contribution is -2.37. The van der Waals surface area contributed by atoms with E-state index in [2.05, 4.69) is 172 Å². The molecule has 2 atom stereocenters. The monoisotopic (exact) mass is 1320 g/mol. The maximum absolute atomic E-state index is 12.9. The molecular formula is C84H142NO8P. The number of carbonyl (C=O) groups excluding carboxylic acids is 2. The molecule has 0 aliphatic carbocycles. The van der Waals surface area contributed by atoms with Crippen LogP contribution in [0, 0.1) is 0 Å². The first kappa shape index (κ1) is 89.6. The zero-order chi connectivity index (χ0) is 68.3. The smallest absolute Gasteiger partial charge is 0.306 e. The Hall–Kier alpha value is -4.37. The minimum Gasteiger partial charge on any atom is -0.756 e. The van der Waals surface area contributed by atoms with Crippen LogP contribution in [0.25, 0.3) is 0 Å². The number of ether oxygens (including phenoxy) is 2. The number of esters is 2. The molecule has 9 nitrogen and oxygen atoms in total. The van der Waals surface area contributed by atoms with Crippen LogP contribution in [0.4, 0.5) is 0 Å². The number of hydrogen-bond acceptors (Lipinski definition) is 8. The molecule has 0 amide bonds. The molecular weight excluding hydrogens is 1180 g/mol. The minimum absolute atomic E-state index is 0.0428. The number of phosphoric acid groups is 1. The van der Waals surface area contributed by atoms with Crippen LogP contribution in [0.5, 0.6) is 0 Å². The van der Waals surface area contributed by atoms with E-state index >= 15 is 0 Å². The van der Waals surface area contributed by atoms with Crippen molar-refractivity contribution in [2.24, 2.45) is 0 Å². The molecule has 0 saturated carbocycles. The van der Waals surface area contributed by atoms with Crippen LogP contribution in [-0.2, 0) is 32.7 Å². The van der Waals surface area contributed by atoms with Gasteiger partial charge in [0.2, 0.25) is 0 Å². The van der Waals surface area contributed by atoms with Crippen LogP contribution in [0.15, 0.2) is 158 Å². The number of allylic oxidation sites excluding steroid dienone is 26. The Morgan fingerprint density at radius 3 is 0.915 bits per heavy atom. The average Bonchev–Trinajstić information content (AvgIpc) is 1.57. The van der Waals surface area contributed by atoms with E-state index in [-0.39, 0.29) is 26.1 Å². The van der Waals surface area contributed by atoms with Crippen molar-refractivity contribution in [1.29, 1.82) is 0 Å². The molecule has 0 rings (SSSR count). The van der Waals surface area contributed by atoms with Gasteiger partial charge >= 0.3 is 11.9 Å². The summed E-state index contributed by atoms with van der Waals surface area (Å²) < 4.78 is 34.3. The summed E-state index contributed by atoms with van der Waals surface area (Å²) in [6, 6.07) is 0. The Balaban J connectivity index is 4.13. The maximum atomic E-state index is 12.9. The summed E-state index contributed by atoms with van der Waals surface area (Å²) in [5.74, 6) is -0.863. The fourth-order valence-corrected chi connectivity index (χ4v) is 11.0. The summed E-state index contributed by atoms with van der Waals surface area (Å²) in [5.41, 5.74) is 0. The van der Waals surface area contributed by atoms with Gasteiger partial charge in [-0.2, -0.15) is 0 Å². The summed E-state index contributed by atoms with van der Waals surface area (Å²) in [7, 11) is 1.14. The summed E-state index contributed by atoms with van der Waals surface area (Å²) in [6.45, 7) is 4.11. The number of hydrogen-bond donors (Lipinski definition) is 0. The lowest BCUT2D eigenvalue weighted by molar-refractivity contribution is -0.870. The van der Waals surface area contributed by atoms with Crippen molar-refractivity contribution in [1.82, 2.24) is 0 Å². The quantitative estimate of drug-likeness (QED) is 0.0195. The number of nitrogens with zero attached hydrogens (tertiary/aromatic N) is 1. The van der Waals surface area contributed by atoms with Gasteiger partial charge in [-0.15, -0.1) is 0 Å². The molecule has 0 aliphatic heterocycles. The number of quaternary nitrogens is 1. The highest BCUT2D eigenvalue weighted by atomic mass is 31.2. The molecule has 0 aromatic heterocycles. The first-order valence-electron chi connectivity index (χ1n) is 38.2. The fraction of sp³-hybridized carbons (Fsp3) is 0.667. The Labute approximate surface area is 579 Å². The molecule has 2 unspecified atom stereocenters. The zero-order valence-corrected chi connectivity index (χ0v) is 62.0. The van der Waals surface area contributed by atoms with Crippen LogP contribution < -0.4 is 4.89 Å². The Morgan fingerprint density at radius 2 is 0.606 bits per heavy atom. The standard InChI is InChI=1S/C84H142NO8P/c1-6-8-10-12-14-16-18-20-22-24-26-28-30-32-34-36-37-38-39-40-41-42-43-44-45-46-47-49-51-53-55-57-59-61-63-65-67-69-71-73-75-77-84(87)93-82(81-92-94(88,89)91-79-78-85(3,4)5)80-90-83(86)76-74-72-70-68-66-64-62-60-58-56-54-52-50-48-35-33-31-29-27-25-23-21-19-17-15-13-11-9-7-2/h8,10,14,16,20,22,25-28,32,34,37-38,40-41,43-44,46-47,51,53,57,59,63,65,82H,6-7,9,11-13,15,17-19,21,23-24,29-31,33,35-36,39,42,45,48-50,52,54-56,58,60-62,64,66-81H2,1-5H3/b10-8-,16-14-,22-20-,27-25-,28-26-,34-32-,38-37-,41-40-,44-43-,47-46-,53-51-,59-57-,65-63-. The predicted molar refractivity (Wildman–Crippen MR) is 406 cm³/mol. The first-order chi connectivity index (χ1) is 46.0. The van der Waals surface area contributed by atoms with Gasteiger partial charge in [-0.3, -0.25) is 14.2 Å². The molecule has 0 spiro atoms. The maximum Gasteiger partial charge on any atom is 0.306 e. The summed E-state index contributed by atoms with van der Waals surface area (Å²) in [5, 5.41) is 0. The molecule has 0 aromatic rings. The van der Waals surface area contributed by atoms with Crippen LogP contribution in [0.3, 0.4) is 0 Å². The Bertz CT molecular complexity index is 2150. The summed E-state index contributed by atoms with van der Waals surface area (Å²) in [4.78, 5) is 38.1. The van der Waals surface area contributed by atoms with E-state index in [1.165, 1.54) is 154 Å². The second kappa shape index (κ2) is 72.9. The average molecular weight is 1330 g/mol. The van der Waals surface area contributed by atoms with Gasteiger partial charge in [0.15, 0.2) is 6.10 Å². The molecule has 0 radical (unpaired) electrons. The molecule has 0 bridgehead atoms. The van der Waals surface area contributed by atoms with Gasteiger partial charge in [0.1, 0.15) is 19.8 Å². The van der Waals surface area contributed by atoms with E-state index < -0.39 is 32.5 Å². The Kier molecular flexibility index (Phi) is 69.5. The third-order valence-corrected chi connectivity index (χ3v) is 17.0. The number of rotatable bonds is 69. The van der Waals surface area contributed by atoms with Gasteiger partial charge in [-0.05, 0) is 128 Å². The van der Waals surface area contributed by atoms with Crippen LogP contribution in [-0.4, -0.2) is 70.0 Å². The number of likely N-dealkylation sites (N-methyl/N-ethyl adjacent to an activating group) is 1. The third-order valence-electron chi connectivity index (χ3n) is 16.0. The van der Waals surface area contributed by atoms with Crippen molar-refractivity contribution >= 4 is 19.8 Å². The highest BCUT2D eigenvalue weighted by Gasteiger charge is 2.22. The van der Waals surface area contributed by atoms with E-state index in [4.69, 9.17) is 18.5 Å². The lowest BCUT2D eigenvalue weighted by atomic mass is 10.0. The zero-order valence-electron chi connectivity index (χ0n) is 61.1. The van der Waals surface area contributed by atoms with Crippen molar-refractivity contribution in [2.75, 3.05) is 47.5 Å². The summed E-state index contributed by atoms with van der Waals surface area (Å²) >= 11 is 0. The molecule has 0 heterocycles. The highest BCUT2D eigenvalue weighted by Crippen LogP contribution is 2.38. The van der Waals surface area contributed by atoms with Gasteiger partial charge in [0.05, 0.1) is 27.7 Å². The van der Waals surface area contributed by atoms with Crippen LogP contribution in [0.1, 0.15) is 309 Å². The number of carbonyl (C=O) groups is 2. The molecule has 10 heteroatoms. The van der Waals surface area contributed by atoms with E-state index in [0.717, 1.165) is 122 Å². The van der Waals surface area contributed by atoms with Gasteiger partial charge < -0.3 is 27.9 Å². The second-order valence-electron chi connectivity index (χ2n) is 26.3. The SMILES string of the molecule is CC/C=C\C/C=C\C/C=C\C/C=C\C/C=C\C/C=C\C/C=C\C/C=C\C/C=C\C/C=C\C/C=C\C/C=C\CCCCCCC(=O)OC(COC(=O)CCCCCCCCCCCCCCCCCCC/C=C\CCCCCCCCCC)COP(=O)([O-])OCC[N+](C)(C)C. The van der Waals surface area contributed by atoms with Crippen LogP contribution >= 0.6 is 7.82 Å². The van der Waals surface area contributed by atoms with Crippen molar-refractivity contribution in [3.63, 3.8) is 0 Å². The minimum atomic E-state index is -4.66. The van der Waals surface area contributed by atoms with Crippen molar-refractivity contribution in [3.05, 3.63) is 158 Å². The number of unbranched alkanes of at least 4 members (excludes halogenated alkanes) is 29. The Morgan fingerprint density at radius 1 is 0.340 bits per heavy atom. The van der Waals surface area contributed by atoms with Crippen molar-refractivity contribution in [3.8, 4) is 0 Å². The van der Waals surface area contributed by atoms with Crippen molar-refractivity contribution in [2.45, 2.75) is 315 Å². The van der Waals surface area contributed by atoms with E-state index in [0.29, 0.717) is 17.4 Å². The topological polar surface area (TPSA) is 111 Å². The van der Waals surface area contributed by atoms with E-state index in [1.54, 1.807) is 0 Å². The molecule has 536 valence electrons. The fourth-order valence-electron chi connectivity index (χ4n) is 10.2. The molecule has 0 aromatic carbocycles. The molecule has 94 heavy (non-hydrogen) atoms. The third kappa shape index (κ3) is 76.6. The van der Waals surface area contributed by atoms with Gasteiger partial charge in [0, 0.05) is 12.8 Å². The highest BCUT2D eigenvalue weighted by molar-refractivity contribution is 7.45. The van der Waals surface area contributed by atoms with Gasteiger partial charge in [0.25, 0.3) is 7.82 Å². The first-order valence-corrected chi connectivity index (χ1v) is 39.7. The van der Waals surface area contributed by atoms with Crippen molar-refractivity contribution < 1.29 is 42.1 Å². The van der Waals surface area contributed by atoms with Gasteiger partial charge in [-0.1, -0.05) is 326 Å². The molecule has 0 aliphatic rings. The predicted octanol–water partition coefficient (Wildman–Crippen LogP) is 24.9. The largest absolute Gasteiger partial charge is 0.756 e. The normalized spacial score (nSPS) is 14.0. The summed E-state index contributed by atoms with van der Waals surface area (Å²) in [6.07, 6.45) is 109. The van der Waals surface area contributed by atoms with E-state index in [9.17, 15) is 19.0 Å².